The Kier molecular flexibility index (Phi) is 5.56. The van der Waals surface area contributed by atoms with Crippen LogP contribution in [0.1, 0.15) is 29.0 Å². The summed E-state index contributed by atoms with van der Waals surface area (Å²) >= 11 is 1.31. The number of oxazole rings is 1. The lowest BCUT2D eigenvalue weighted by Gasteiger charge is -2.34. The molecule has 0 bridgehead atoms. The summed E-state index contributed by atoms with van der Waals surface area (Å²) in [5, 5.41) is 0.182. The number of thioether (sulfide) groups is 1. The third-order valence-electron chi connectivity index (χ3n) is 6.82. The van der Waals surface area contributed by atoms with Gasteiger partial charge in [0.15, 0.2) is 18.2 Å². The minimum atomic E-state index is -1.47. The Hall–Kier alpha value is -4.04. The Bertz CT molecular complexity index is 1570. The Labute approximate surface area is 214 Å². The van der Waals surface area contributed by atoms with Crippen LogP contribution in [-0.4, -0.2) is 38.4 Å². The number of hydrogen-bond acceptors (Lipinski definition) is 9. The van der Waals surface area contributed by atoms with Gasteiger partial charge in [0.05, 0.1) is 28.4 Å². The molecule has 1 aromatic carbocycles. The molecule has 2 aliphatic rings. The highest BCUT2D eigenvalue weighted by atomic mass is 32.2. The zero-order valence-electron chi connectivity index (χ0n) is 19.4. The van der Waals surface area contributed by atoms with Crippen LogP contribution in [0.5, 0.6) is 5.88 Å². The quantitative estimate of drug-likeness (QED) is 0.367. The third kappa shape index (κ3) is 3.79. The molecule has 8 nitrogen and oxygen atoms in total. The second kappa shape index (κ2) is 8.81. The van der Waals surface area contributed by atoms with Crippen LogP contribution in [-0.2, 0) is 16.7 Å². The number of fused-ring (bicyclic) bond motifs is 2. The molecule has 6 rings (SSSR count). The van der Waals surface area contributed by atoms with E-state index in [2.05, 4.69) is 30.8 Å². The Morgan fingerprint density at radius 1 is 1.27 bits per heavy atom. The normalized spacial score (nSPS) is 24.2. The maximum Gasteiger partial charge on any atom is 0.233 e. The van der Waals surface area contributed by atoms with Crippen LogP contribution in [0, 0.1) is 24.1 Å². The van der Waals surface area contributed by atoms with Crippen LogP contribution in [0.3, 0.4) is 0 Å². The predicted octanol–water partition coefficient (Wildman–Crippen LogP) is 3.90. The molecule has 1 aliphatic heterocycles. The first-order chi connectivity index (χ1) is 18.0. The van der Waals surface area contributed by atoms with E-state index < -0.39 is 22.8 Å². The number of ether oxygens (including phenoxy) is 1. The van der Waals surface area contributed by atoms with Gasteiger partial charge in [0.2, 0.25) is 5.88 Å². The summed E-state index contributed by atoms with van der Waals surface area (Å²) in [5.41, 5.74) is 7.34. The number of terminal acetylenes is 1. The second-order valence-electron chi connectivity index (χ2n) is 8.94. The average molecular weight is 519 g/mol. The summed E-state index contributed by atoms with van der Waals surface area (Å²) in [7, 11) is 0. The van der Waals surface area contributed by atoms with E-state index in [9.17, 15) is 4.39 Å². The molecule has 0 radical (unpaired) electrons. The average Bonchev–Trinajstić information content (AvgIpc) is 3.38. The van der Waals surface area contributed by atoms with Crippen LogP contribution in [0.2, 0.25) is 0 Å². The number of amidine groups is 1. The predicted molar refractivity (Wildman–Crippen MR) is 134 cm³/mol. The van der Waals surface area contributed by atoms with Crippen LogP contribution in [0.25, 0.3) is 11.0 Å². The summed E-state index contributed by atoms with van der Waals surface area (Å²) in [5.74, 6) is 2.38. The smallest absolute Gasteiger partial charge is 0.233 e. The number of rotatable bonds is 7. The fourth-order valence-electron chi connectivity index (χ4n) is 5.09. The molecule has 0 amide bonds. The number of hydrogen-bond donors (Lipinski definition) is 1. The molecule has 3 aromatic heterocycles. The number of alkyl halides is 1. The van der Waals surface area contributed by atoms with Gasteiger partial charge in [-0.05, 0) is 30.2 Å². The van der Waals surface area contributed by atoms with E-state index >= 15 is 4.39 Å². The maximum atomic E-state index is 15.3. The molecule has 4 aromatic rings. The van der Waals surface area contributed by atoms with Crippen molar-refractivity contribution in [2.75, 3.05) is 13.3 Å². The molecule has 2 N–H and O–H groups in total. The van der Waals surface area contributed by atoms with Crippen molar-refractivity contribution in [3.05, 3.63) is 77.6 Å². The van der Waals surface area contributed by atoms with E-state index in [4.69, 9.17) is 21.3 Å². The van der Waals surface area contributed by atoms with Crippen LogP contribution < -0.4 is 10.5 Å². The minimum absolute atomic E-state index is 0.0804. The van der Waals surface area contributed by atoms with Gasteiger partial charge in [-0.1, -0.05) is 23.7 Å². The summed E-state index contributed by atoms with van der Waals surface area (Å²) in [6.45, 7) is -0.829. The fourth-order valence-corrected chi connectivity index (χ4v) is 6.46. The highest BCUT2D eigenvalue weighted by Crippen LogP contribution is 2.71. The van der Waals surface area contributed by atoms with Gasteiger partial charge in [-0.15, -0.1) is 6.42 Å². The molecule has 0 saturated heterocycles. The fraction of sp³-hybridized carbons (Fsp3) is 0.269. The van der Waals surface area contributed by atoms with Gasteiger partial charge >= 0.3 is 0 Å². The lowest BCUT2D eigenvalue weighted by atomic mass is 9.83. The van der Waals surface area contributed by atoms with Gasteiger partial charge in [-0.3, -0.25) is 4.98 Å². The monoisotopic (exact) mass is 518 g/mol. The summed E-state index contributed by atoms with van der Waals surface area (Å²) in [6.07, 6.45) is 12.1. The largest absolute Gasteiger partial charge is 0.463 e. The van der Waals surface area contributed by atoms with Crippen molar-refractivity contribution in [1.82, 2.24) is 19.9 Å². The van der Waals surface area contributed by atoms with Gasteiger partial charge in [0.25, 0.3) is 0 Å². The highest BCUT2D eigenvalue weighted by molar-refractivity contribution is 8.14. The first-order valence-electron chi connectivity index (χ1n) is 11.4. The molecule has 1 aliphatic carbocycles. The van der Waals surface area contributed by atoms with Gasteiger partial charge in [-0.2, -0.15) is 0 Å². The van der Waals surface area contributed by atoms with E-state index in [0.717, 1.165) is 5.56 Å². The second-order valence-corrected chi connectivity index (χ2v) is 10.3. The first-order valence-corrected chi connectivity index (χ1v) is 12.3. The van der Waals surface area contributed by atoms with Crippen LogP contribution in [0.4, 0.5) is 8.78 Å². The standard InChI is InChI=1S/C26H20F2N6O2S/c1-2-7-35-22-12-32-23-18(33-22)5-6-31-19(23)9-15-3-4-17(28)16(8-15)25(13-27)20-10-26(20,37-24(29)34-25)21-11-30-14-36-21/h1,3-6,8,11-12,14,20H,7,9-10,13H2,(H2,29,34)/t20-,25+,26-/m0/s1. The van der Waals surface area contributed by atoms with E-state index in [1.54, 1.807) is 30.6 Å². The summed E-state index contributed by atoms with van der Waals surface area (Å²) < 4.78 is 40.5. The van der Waals surface area contributed by atoms with Crippen LogP contribution in [0.15, 0.2) is 58.7 Å². The van der Waals surface area contributed by atoms with Gasteiger partial charge in [-0.25, -0.2) is 28.7 Å². The minimum Gasteiger partial charge on any atom is -0.463 e. The van der Waals surface area contributed by atoms with E-state index in [1.807, 2.05) is 0 Å². The zero-order chi connectivity index (χ0) is 25.6. The Balaban J connectivity index is 1.37. The van der Waals surface area contributed by atoms with Crippen molar-refractivity contribution >= 4 is 28.0 Å². The molecule has 0 unspecified atom stereocenters. The Morgan fingerprint density at radius 2 is 2.16 bits per heavy atom. The zero-order valence-corrected chi connectivity index (χ0v) is 20.2. The van der Waals surface area contributed by atoms with Gasteiger partial charge in [0.1, 0.15) is 29.3 Å². The molecule has 3 atom stereocenters. The van der Waals surface area contributed by atoms with Crippen LogP contribution >= 0.6 is 11.8 Å². The topological polar surface area (TPSA) is 112 Å². The number of benzene rings is 1. The number of nitrogens with two attached hydrogens (primary N) is 1. The van der Waals surface area contributed by atoms with Crippen molar-refractivity contribution in [2.24, 2.45) is 16.6 Å². The van der Waals surface area contributed by atoms with Crippen molar-refractivity contribution < 1.29 is 17.9 Å². The molecule has 1 saturated carbocycles. The third-order valence-corrected chi connectivity index (χ3v) is 8.14. The molecule has 0 spiro atoms. The maximum absolute atomic E-state index is 15.3. The highest BCUT2D eigenvalue weighted by Gasteiger charge is 2.70. The Morgan fingerprint density at radius 3 is 2.95 bits per heavy atom. The van der Waals surface area contributed by atoms with Crippen molar-refractivity contribution in [1.29, 1.82) is 0 Å². The molecular formula is C26H20F2N6O2S. The molecule has 11 heteroatoms. The van der Waals surface area contributed by atoms with Gasteiger partial charge in [0, 0.05) is 24.1 Å². The number of nitrogens with zero attached hydrogens (tertiary/aromatic N) is 5. The SMILES string of the molecule is C#CCOc1cnc2c(Cc3ccc(F)c([C@@]4(CF)N=C(N)S[C@@]5(c6cnco6)C[C@@H]45)c3)nccc2n1. The molecule has 186 valence electrons. The van der Waals surface area contributed by atoms with Crippen molar-refractivity contribution in [3.63, 3.8) is 0 Å². The number of aromatic nitrogens is 4. The first kappa shape index (κ1) is 23.4. The number of pyridine rings is 1. The van der Waals surface area contributed by atoms with Crippen molar-refractivity contribution in [2.45, 2.75) is 23.1 Å². The number of aliphatic imine (C=N–C) groups is 1. The summed E-state index contributed by atoms with van der Waals surface area (Å²) in [4.78, 5) is 21.8. The molecule has 1 fully saturated rings. The van der Waals surface area contributed by atoms with Gasteiger partial charge < -0.3 is 14.9 Å². The van der Waals surface area contributed by atoms with Crippen molar-refractivity contribution in [3.8, 4) is 18.2 Å². The lowest BCUT2D eigenvalue weighted by Crippen LogP contribution is -2.39. The molecule has 4 heterocycles. The number of halogens is 2. The summed E-state index contributed by atoms with van der Waals surface area (Å²) in [6, 6.07) is 6.33. The van der Waals surface area contributed by atoms with E-state index in [-0.39, 0.29) is 23.3 Å². The molecular weight excluding hydrogens is 498 g/mol. The lowest BCUT2D eigenvalue weighted by molar-refractivity contribution is 0.259. The van der Waals surface area contributed by atoms with E-state index in [1.165, 1.54) is 30.4 Å². The van der Waals surface area contributed by atoms with E-state index in [0.29, 0.717) is 41.2 Å². The molecule has 37 heavy (non-hydrogen) atoms.